The first kappa shape index (κ1) is 22.5. The Kier molecular flexibility index (Phi) is 6.61. The van der Waals surface area contributed by atoms with Gasteiger partial charge in [-0.2, -0.15) is 8.42 Å². The molecule has 1 unspecified atom stereocenters. The quantitative estimate of drug-likeness (QED) is 0.635. The summed E-state index contributed by atoms with van der Waals surface area (Å²) in [5, 5.41) is 2.77. The molecule has 1 aromatic carbocycles. The molecule has 172 valence electrons. The molecule has 0 radical (unpaired) electrons. The summed E-state index contributed by atoms with van der Waals surface area (Å²) in [4.78, 5) is 31.2. The third-order valence-electron chi connectivity index (χ3n) is 6.18. The molecule has 1 aromatic rings. The predicted molar refractivity (Wildman–Crippen MR) is 121 cm³/mol. The van der Waals surface area contributed by atoms with E-state index in [1.54, 1.807) is 30.3 Å². The smallest absolute Gasteiger partial charge is 0.285 e. The van der Waals surface area contributed by atoms with Crippen molar-refractivity contribution >= 4 is 27.7 Å². The molecule has 3 heterocycles. The zero-order valence-electron chi connectivity index (χ0n) is 18.1. The second-order valence-corrected chi connectivity index (χ2v) is 9.94. The highest BCUT2D eigenvalue weighted by molar-refractivity contribution is 7.90. The van der Waals surface area contributed by atoms with Crippen molar-refractivity contribution in [2.24, 2.45) is 10.3 Å². The fourth-order valence-corrected chi connectivity index (χ4v) is 5.74. The van der Waals surface area contributed by atoms with Crippen molar-refractivity contribution in [1.82, 2.24) is 20.0 Å². The van der Waals surface area contributed by atoms with Gasteiger partial charge in [0, 0.05) is 51.4 Å². The molecule has 10 heteroatoms. The van der Waals surface area contributed by atoms with Gasteiger partial charge >= 0.3 is 0 Å². The Labute approximate surface area is 188 Å². The number of nitrogens with one attached hydrogen (secondary N) is 1. The number of amidine groups is 1. The number of benzene rings is 1. The van der Waals surface area contributed by atoms with Crippen LogP contribution >= 0.6 is 0 Å². The molecule has 9 nitrogen and oxygen atoms in total. The van der Waals surface area contributed by atoms with Gasteiger partial charge in [-0.3, -0.25) is 14.5 Å². The van der Waals surface area contributed by atoms with E-state index in [1.165, 1.54) is 0 Å². The van der Waals surface area contributed by atoms with E-state index in [-0.39, 0.29) is 22.6 Å². The van der Waals surface area contributed by atoms with Crippen molar-refractivity contribution in [3.8, 4) is 0 Å². The lowest BCUT2D eigenvalue weighted by molar-refractivity contribution is -0.138. The van der Waals surface area contributed by atoms with Crippen molar-refractivity contribution in [1.29, 1.82) is 0 Å². The molecule has 4 rings (SSSR count). The van der Waals surface area contributed by atoms with Gasteiger partial charge in [-0.05, 0) is 25.0 Å². The summed E-state index contributed by atoms with van der Waals surface area (Å²) in [7, 11) is -3.68. The van der Waals surface area contributed by atoms with Crippen molar-refractivity contribution in [2.45, 2.75) is 17.7 Å². The van der Waals surface area contributed by atoms with Gasteiger partial charge < -0.3 is 15.1 Å². The van der Waals surface area contributed by atoms with Crippen LogP contribution in [-0.2, 0) is 19.6 Å². The average molecular weight is 460 g/mol. The molecular formula is C22H29N5O4S. The molecule has 2 saturated heterocycles. The topological polar surface area (TPSA) is 102 Å². The highest BCUT2D eigenvalue weighted by Gasteiger charge is 2.36. The number of hydrogen-bond acceptors (Lipinski definition) is 6. The van der Waals surface area contributed by atoms with E-state index in [1.807, 2.05) is 14.7 Å². The second-order valence-electron chi connectivity index (χ2n) is 8.37. The first-order valence-electron chi connectivity index (χ1n) is 11.0. The van der Waals surface area contributed by atoms with E-state index < -0.39 is 10.0 Å². The van der Waals surface area contributed by atoms with E-state index in [4.69, 9.17) is 0 Å². The van der Waals surface area contributed by atoms with Crippen LogP contribution in [0.5, 0.6) is 0 Å². The number of piperazine rings is 1. The van der Waals surface area contributed by atoms with Gasteiger partial charge in [-0.15, -0.1) is 11.0 Å². The minimum atomic E-state index is -3.68. The van der Waals surface area contributed by atoms with Crippen LogP contribution in [0.15, 0.2) is 46.2 Å². The lowest BCUT2D eigenvalue weighted by Crippen LogP contribution is -2.54. The first-order valence-corrected chi connectivity index (χ1v) is 12.4. The van der Waals surface area contributed by atoms with Gasteiger partial charge in [0.1, 0.15) is 4.90 Å². The van der Waals surface area contributed by atoms with Gasteiger partial charge in [-0.1, -0.05) is 18.2 Å². The van der Waals surface area contributed by atoms with Crippen LogP contribution in [0.25, 0.3) is 0 Å². The highest BCUT2D eigenvalue weighted by Crippen LogP contribution is 2.30. The van der Waals surface area contributed by atoms with E-state index >= 15 is 0 Å². The summed E-state index contributed by atoms with van der Waals surface area (Å²) in [5.41, 5.74) is 0.615. The fraction of sp³-hybridized carbons (Fsp3) is 0.500. The lowest BCUT2D eigenvalue weighted by atomic mass is 9.95. The number of carbonyl (C=O) groups excluding carboxylic acids is 2. The number of sulfonamides is 1. The zero-order valence-corrected chi connectivity index (χ0v) is 18.9. The van der Waals surface area contributed by atoms with Crippen molar-refractivity contribution in [3.63, 3.8) is 0 Å². The number of hydrogen-bond donors (Lipinski definition) is 1. The molecule has 32 heavy (non-hydrogen) atoms. The lowest BCUT2D eigenvalue weighted by Gasteiger charge is -2.39. The number of likely N-dealkylation sites (tertiary alicyclic amines) is 1. The third kappa shape index (κ3) is 4.71. The number of carbonyl (C=O) groups is 2. The van der Waals surface area contributed by atoms with Crippen LogP contribution < -0.4 is 5.32 Å². The number of piperidine rings is 1. The first-order chi connectivity index (χ1) is 15.4. The maximum Gasteiger partial charge on any atom is 0.285 e. The van der Waals surface area contributed by atoms with Gasteiger partial charge in [0.05, 0.1) is 12.5 Å². The second kappa shape index (κ2) is 9.41. The van der Waals surface area contributed by atoms with E-state index in [0.29, 0.717) is 63.8 Å². The molecule has 3 aliphatic rings. The molecule has 0 aliphatic carbocycles. The molecule has 0 spiro atoms. The zero-order chi connectivity index (χ0) is 22.7. The summed E-state index contributed by atoms with van der Waals surface area (Å²) < 4.78 is 28.8. The normalized spacial score (nSPS) is 22.8. The fourth-order valence-electron chi connectivity index (χ4n) is 4.52. The average Bonchev–Trinajstić information content (AvgIpc) is 3.09. The Balaban J connectivity index is 1.35. The molecule has 0 saturated carbocycles. The van der Waals surface area contributed by atoms with Crippen molar-refractivity contribution in [3.05, 3.63) is 42.5 Å². The van der Waals surface area contributed by atoms with Gasteiger partial charge in [0.25, 0.3) is 10.0 Å². The Bertz CT molecular complexity index is 1030. The molecule has 2 fully saturated rings. The molecule has 0 aromatic heterocycles. The van der Waals surface area contributed by atoms with Gasteiger partial charge in [0.15, 0.2) is 5.84 Å². The molecule has 1 atom stereocenters. The van der Waals surface area contributed by atoms with Crippen molar-refractivity contribution in [2.75, 3.05) is 52.4 Å². The number of amides is 2. The van der Waals surface area contributed by atoms with Crippen LogP contribution in [0.2, 0.25) is 0 Å². The Morgan fingerprint density at radius 3 is 2.66 bits per heavy atom. The molecule has 3 aliphatic heterocycles. The highest BCUT2D eigenvalue weighted by atomic mass is 32.2. The van der Waals surface area contributed by atoms with Crippen LogP contribution in [0.1, 0.15) is 18.4 Å². The summed E-state index contributed by atoms with van der Waals surface area (Å²) in [6.45, 7) is 7.99. The predicted octanol–water partition coefficient (Wildman–Crippen LogP) is 0.294. The van der Waals surface area contributed by atoms with Gasteiger partial charge in [-0.25, -0.2) is 0 Å². The van der Waals surface area contributed by atoms with E-state index in [2.05, 4.69) is 16.3 Å². The maximum atomic E-state index is 13.2. The number of nitrogens with zero attached hydrogens (tertiary/aromatic N) is 4. The standard InChI is InChI=1S/C22H29N5O4S/c1-2-9-23-20(28)16-25-11-13-26(14-12-25)22(29)17-6-5-10-27(15-17)21-18-7-3-4-8-19(18)32(30,31)24-21/h2-4,7-8,17H,1,5-6,9-16H2,(H,23,28). The SMILES string of the molecule is C=CCNC(=O)CN1CCN(C(=O)C2CCCN(C3=NS(=O)(=O)c4ccccc43)C2)CC1. The van der Waals surface area contributed by atoms with E-state index in [9.17, 15) is 18.0 Å². The number of rotatable bonds is 5. The molecule has 0 bridgehead atoms. The molecular weight excluding hydrogens is 430 g/mol. The summed E-state index contributed by atoms with van der Waals surface area (Å²) >= 11 is 0. The van der Waals surface area contributed by atoms with Crippen LogP contribution in [0.4, 0.5) is 0 Å². The summed E-state index contributed by atoms with van der Waals surface area (Å²) in [6.07, 6.45) is 3.23. The largest absolute Gasteiger partial charge is 0.355 e. The molecule has 2 amide bonds. The number of fused-ring (bicyclic) bond motifs is 1. The Morgan fingerprint density at radius 2 is 1.91 bits per heavy atom. The Morgan fingerprint density at radius 1 is 1.16 bits per heavy atom. The van der Waals surface area contributed by atoms with Crippen LogP contribution in [0, 0.1) is 5.92 Å². The van der Waals surface area contributed by atoms with Crippen LogP contribution in [0.3, 0.4) is 0 Å². The Hall–Kier alpha value is -2.72. The van der Waals surface area contributed by atoms with Crippen molar-refractivity contribution < 1.29 is 18.0 Å². The van der Waals surface area contributed by atoms with Crippen LogP contribution in [-0.4, -0.2) is 93.1 Å². The molecule has 1 N–H and O–H groups in total. The minimum absolute atomic E-state index is 0.0415. The maximum absolute atomic E-state index is 13.2. The summed E-state index contributed by atoms with van der Waals surface area (Å²) in [6, 6.07) is 6.85. The summed E-state index contributed by atoms with van der Waals surface area (Å²) in [5.74, 6) is 0.318. The third-order valence-corrected chi connectivity index (χ3v) is 7.50. The monoisotopic (exact) mass is 459 g/mol. The minimum Gasteiger partial charge on any atom is -0.355 e. The van der Waals surface area contributed by atoms with E-state index in [0.717, 1.165) is 12.8 Å². The van der Waals surface area contributed by atoms with Gasteiger partial charge in [0.2, 0.25) is 11.8 Å².